The van der Waals surface area contributed by atoms with Gasteiger partial charge in [0.25, 0.3) is 0 Å². The third-order valence-electron chi connectivity index (χ3n) is 2.19. The van der Waals surface area contributed by atoms with Crippen molar-refractivity contribution in [2.24, 2.45) is 0 Å². The van der Waals surface area contributed by atoms with E-state index in [0.717, 1.165) is 5.56 Å². The molecule has 0 aliphatic rings. The molecule has 17 heavy (non-hydrogen) atoms. The van der Waals surface area contributed by atoms with Crippen molar-refractivity contribution in [3.05, 3.63) is 52.9 Å². The molecule has 0 nitrogen and oxygen atoms in total. The summed E-state index contributed by atoms with van der Waals surface area (Å²) in [6.45, 7) is 0. The molecule has 0 fully saturated rings. The van der Waals surface area contributed by atoms with E-state index in [-0.39, 0.29) is 10.6 Å². The fraction of sp³-hybridized carbons (Fsp3) is 0.0909. The lowest BCUT2D eigenvalue weighted by Crippen LogP contribution is -1.95. The maximum absolute atomic E-state index is 13.9. The fourth-order valence-corrected chi connectivity index (χ4v) is 4.04. The first-order valence-corrected chi connectivity index (χ1v) is 8.56. The van der Waals surface area contributed by atoms with Crippen molar-refractivity contribution in [2.75, 3.05) is 0 Å². The Morgan fingerprint density at radius 2 is 2.06 bits per heavy atom. The molecule has 0 radical (unpaired) electrons. The second-order valence-electron chi connectivity index (χ2n) is 3.33. The number of hydrogen-bond acceptors (Lipinski definition) is 1. The van der Waals surface area contributed by atoms with E-state index in [9.17, 15) is 4.39 Å². The van der Waals surface area contributed by atoms with E-state index in [1.807, 2.05) is 11.4 Å². The van der Waals surface area contributed by atoms with Crippen molar-refractivity contribution >= 4 is 77.4 Å². The minimum Gasteiger partial charge on any atom is -0.207 e. The highest BCUT2D eigenvalue weighted by Crippen LogP contribution is 2.38. The van der Waals surface area contributed by atoms with E-state index in [2.05, 4.69) is 54.5 Å². The zero-order valence-electron chi connectivity index (χ0n) is 8.18. The van der Waals surface area contributed by atoms with Crippen LogP contribution in [-0.2, 0) is 0 Å². The molecule has 1 aromatic carbocycles. The van der Waals surface area contributed by atoms with Gasteiger partial charge in [-0.05, 0) is 67.7 Å². The van der Waals surface area contributed by atoms with Crippen LogP contribution in [0.15, 0.2) is 28.1 Å². The third-order valence-corrected chi connectivity index (χ3v) is 6.22. The maximum Gasteiger partial charge on any atom is 0.129 e. The van der Waals surface area contributed by atoms with Gasteiger partial charge in [0.05, 0.1) is 12.7 Å². The molecule has 90 valence electrons. The smallest absolute Gasteiger partial charge is 0.129 e. The Morgan fingerprint density at radius 3 is 2.65 bits per heavy atom. The summed E-state index contributed by atoms with van der Waals surface area (Å²) in [6.07, 6.45) is 0. The van der Waals surface area contributed by atoms with E-state index in [1.54, 1.807) is 17.4 Å². The second-order valence-corrected chi connectivity index (χ2v) is 8.32. The Bertz CT molecular complexity index is 558. The predicted molar refractivity (Wildman–Crippen MR) is 86.9 cm³/mol. The minimum absolute atomic E-state index is 0.173. The first-order valence-electron chi connectivity index (χ1n) is 4.51. The summed E-state index contributed by atoms with van der Waals surface area (Å²) < 4.78 is 15.6. The van der Waals surface area contributed by atoms with E-state index < -0.39 is 0 Å². The predicted octanol–water partition coefficient (Wildman–Crippen LogP) is 6.39. The Hall–Kier alpha value is 0.830. The first kappa shape index (κ1) is 14.2. The van der Waals surface area contributed by atoms with Crippen LogP contribution >= 0.6 is 77.4 Å². The summed E-state index contributed by atoms with van der Waals surface area (Å²) in [7, 11) is 0. The van der Waals surface area contributed by atoms with Crippen LogP contribution in [0.2, 0.25) is 5.02 Å². The highest BCUT2D eigenvalue weighted by atomic mass is 127. The van der Waals surface area contributed by atoms with Gasteiger partial charge in [-0.2, -0.15) is 0 Å². The largest absolute Gasteiger partial charge is 0.207 e. The molecule has 0 saturated carbocycles. The molecule has 0 N–H and O–H groups in total. The lowest BCUT2D eigenvalue weighted by molar-refractivity contribution is 0.613. The Balaban J connectivity index is 2.43. The van der Waals surface area contributed by atoms with Crippen LogP contribution in [0, 0.1) is 8.70 Å². The van der Waals surface area contributed by atoms with Crippen LogP contribution < -0.4 is 0 Å². The average Bonchev–Trinajstić information content (AvgIpc) is 2.69. The normalized spacial score (nSPS) is 12.8. The summed E-state index contributed by atoms with van der Waals surface area (Å²) in [6, 6.07) is 5.06. The number of thiophene rings is 1. The van der Waals surface area contributed by atoms with E-state index in [1.165, 1.54) is 8.95 Å². The molecule has 6 heteroatoms. The third kappa shape index (κ3) is 3.23. The molecule has 2 rings (SSSR count). The van der Waals surface area contributed by atoms with Crippen LogP contribution in [0.3, 0.4) is 0 Å². The van der Waals surface area contributed by atoms with Gasteiger partial charge in [-0.15, -0.1) is 11.3 Å². The fourth-order valence-electron chi connectivity index (χ4n) is 1.37. The van der Waals surface area contributed by atoms with Gasteiger partial charge in [-0.1, -0.05) is 27.5 Å². The van der Waals surface area contributed by atoms with E-state index in [4.69, 9.17) is 11.6 Å². The lowest BCUT2D eigenvalue weighted by atomic mass is 10.1. The van der Waals surface area contributed by atoms with Crippen molar-refractivity contribution in [1.29, 1.82) is 0 Å². The Morgan fingerprint density at radius 1 is 1.35 bits per heavy atom. The molecular weight excluding hydrogens is 505 g/mol. The number of benzene rings is 1. The highest BCUT2D eigenvalue weighted by Gasteiger charge is 2.17. The standard InChI is InChI=1S/C11H5Br2ClFIS/c12-7-3-9(15)6(2-8(7)14)11(13)5-1-10(16)17-4-5/h1-4,11H. The summed E-state index contributed by atoms with van der Waals surface area (Å²) in [5.74, 6) is -0.274. The molecule has 0 amide bonds. The van der Waals surface area contributed by atoms with E-state index >= 15 is 0 Å². The molecule has 0 spiro atoms. The van der Waals surface area contributed by atoms with Crippen molar-refractivity contribution in [3.63, 3.8) is 0 Å². The molecule has 1 heterocycles. The second kappa shape index (κ2) is 5.86. The maximum atomic E-state index is 13.9. The SMILES string of the molecule is Fc1cc(Br)c(Cl)cc1C(Br)c1csc(I)c1. The van der Waals surface area contributed by atoms with Crippen LogP contribution in [0.5, 0.6) is 0 Å². The number of hydrogen-bond donors (Lipinski definition) is 0. The van der Waals surface area contributed by atoms with Gasteiger partial charge in [0, 0.05) is 10.0 Å². The summed E-state index contributed by atoms with van der Waals surface area (Å²) in [5.41, 5.74) is 1.59. The van der Waals surface area contributed by atoms with Crippen molar-refractivity contribution < 1.29 is 4.39 Å². The van der Waals surface area contributed by atoms with Gasteiger partial charge in [-0.25, -0.2) is 4.39 Å². The van der Waals surface area contributed by atoms with Crippen molar-refractivity contribution in [3.8, 4) is 0 Å². The van der Waals surface area contributed by atoms with Gasteiger partial charge in [0.15, 0.2) is 0 Å². The van der Waals surface area contributed by atoms with Crippen LogP contribution in [0.4, 0.5) is 4.39 Å². The number of halogens is 5. The summed E-state index contributed by atoms with van der Waals surface area (Å²) in [5, 5.41) is 2.52. The molecule has 1 atom stereocenters. The van der Waals surface area contributed by atoms with Crippen molar-refractivity contribution in [2.45, 2.75) is 4.83 Å². The Kier molecular flexibility index (Phi) is 4.91. The van der Waals surface area contributed by atoms with Gasteiger partial charge in [0.1, 0.15) is 5.82 Å². The molecule has 0 bridgehead atoms. The zero-order valence-corrected chi connectivity index (χ0v) is 15.1. The highest BCUT2D eigenvalue weighted by molar-refractivity contribution is 14.1. The molecule has 2 aromatic rings. The zero-order chi connectivity index (χ0) is 12.6. The molecular formula is C11H5Br2ClFIS. The van der Waals surface area contributed by atoms with Gasteiger partial charge >= 0.3 is 0 Å². The van der Waals surface area contributed by atoms with Crippen molar-refractivity contribution in [1.82, 2.24) is 0 Å². The Labute approximate surface area is 138 Å². The molecule has 0 saturated heterocycles. The van der Waals surface area contributed by atoms with Gasteiger partial charge in [0.2, 0.25) is 0 Å². The van der Waals surface area contributed by atoms with Crippen LogP contribution in [-0.4, -0.2) is 0 Å². The van der Waals surface area contributed by atoms with Crippen LogP contribution in [0.25, 0.3) is 0 Å². The van der Waals surface area contributed by atoms with Crippen LogP contribution in [0.1, 0.15) is 16.0 Å². The monoisotopic (exact) mass is 508 g/mol. The molecule has 0 aliphatic carbocycles. The van der Waals surface area contributed by atoms with E-state index in [0.29, 0.717) is 15.1 Å². The average molecular weight is 510 g/mol. The summed E-state index contributed by atoms with van der Waals surface area (Å²) in [4.78, 5) is -0.173. The summed E-state index contributed by atoms with van der Waals surface area (Å²) >= 11 is 16.6. The number of alkyl halides is 1. The minimum atomic E-state index is -0.274. The first-order chi connectivity index (χ1) is 7.99. The van der Waals surface area contributed by atoms with Gasteiger partial charge in [-0.3, -0.25) is 0 Å². The quantitative estimate of drug-likeness (QED) is 0.250. The van der Waals surface area contributed by atoms with Gasteiger partial charge < -0.3 is 0 Å². The molecule has 1 unspecified atom stereocenters. The molecule has 0 aliphatic heterocycles. The lowest BCUT2D eigenvalue weighted by Gasteiger charge is -2.11. The number of rotatable bonds is 2. The molecule has 1 aromatic heterocycles. The topological polar surface area (TPSA) is 0 Å².